The molecule has 0 saturated carbocycles. The minimum absolute atomic E-state index is 0.663. The highest BCUT2D eigenvalue weighted by Crippen LogP contribution is 2.27. The van der Waals surface area contributed by atoms with Crippen LogP contribution in [0.1, 0.15) is 11.1 Å². The molecule has 0 spiro atoms. The first-order valence-electron chi connectivity index (χ1n) is 7.91. The number of nitrogens with zero attached hydrogens (tertiary/aromatic N) is 4. The first kappa shape index (κ1) is 15.6. The molecule has 4 rings (SSSR count). The molecule has 1 N–H and O–H groups in total. The summed E-state index contributed by atoms with van der Waals surface area (Å²) >= 11 is 6.15. The van der Waals surface area contributed by atoms with Gasteiger partial charge in [0, 0.05) is 10.7 Å². The van der Waals surface area contributed by atoms with Crippen molar-refractivity contribution in [2.75, 3.05) is 5.32 Å². The Morgan fingerprint density at radius 1 is 1.04 bits per heavy atom. The molecule has 6 heteroatoms. The summed E-state index contributed by atoms with van der Waals surface area (Å²) in [6, 6.07) is 13.9. The molecular weight excluding hydrogens is 334 g/mol. The van der Waals surface area contributed by atoms with Crippen molar-refractivity contribution >= 4 is 34.1 Å². The zero-order valence-corrected chi connectivity index (χ0v) is 14.6. The topological polar surface area (TPSA) is 55.6 Å². The van der Waals surface area contributed by atoms with E-state index in [4.69, 9.17) is 11.6 Å². The van der Waals surface area contributed by atoms with Crippen molar-refractivity contribution in [3.63, 3.8) is 0 Å². The zero-order valence-electron chi connectivity index (χ0n) is 13.9. The smallest absolute Gasteiger partial charge is 0.168 e. The first-order chi connectivity index (χ1) is 12.1. The van der Waals surface area contributed by atoms with Gasteiger partial charge in [-0.05, 0) is 49.2 Å². The van der Waals surface area contributed by atoms with Gasteiger partial charge in [-0.1, -0.05) is 29.8 Å². The number of hydrogen-bond donors (Lipinski definition) is 1. The number of halogens is 1. The van der Waals surface area contributed by atoms with Gasteiger partial charge in [0.25, 0.3) is 0 Å². The predicted molar refractivity (Wildman–Crippen MR) is 101 cm³/mol. The minimum atomic E-state index is 0.663. The van der Waals surface area contributed by atoms with Crippen LogP contribution in [-0.2, 0) is 0 Å². The van der Waals surface area contributed by atoms with E-state index in [0.29, 0.717) is 5.02 Å². The number of hydrogen-bond acceptors (Lipinski definition) is 4. The van der Waals surface area contributed by atoms with Crippen LogP contribution in [0.2, 0.25) is 5.02 Å². The van der Waals surface area contributed by atoms with Crippen LogP contribution < -0.4 is 5.32 Å². The summed E-state index contributed by atoms with van der Waals surface area (Å²) in [5.74, 6) is 0.724. The molecule has 0 fully saturated rings. The van der Waals surface area contributed by atoms with E-state index in [9.17, 15) is 0 Å². The van der Waals surface area contributed by atoms with Crippen LogP contribution in [0.25, 0.3) is 16.7 Å². The highest BCUT2D eigenvalue weighted by molar-refractivity contribution is 6.30. The van der Waals surface area contributed by atoms with E-state index in [-0.39, 0.29) is 0 Å². The van der Waals surface area contributed by atoms with Crippen molar-refractivity contribution in [2.24, 2.45) is 0 Å². The third-order valence-corrected chi connectivity index (χ3v) is 4.28. The van der Waals surface area contributed by atoms with E-state index < -0.39 is 0 Å². The van der Waals surface area contributed by atoms with Gasteiger partial charge in [-0.2, -0.15) is 5.10 Å². The van der Waals surface area contributed by atoms with Crippen LogP contribution in [0.5, 0.6) is 0 Å². The fraction of sp³-hybridized carbons (Fsp3) is 0.105. The molecule has 0 bridgehead atoms. The Kier molecular flexibility index (Phi) is 3.86. The molecule has 0 aliphatic heterocycles. The maximum Gasteiger partial charge on any atom is 0.168 e. The van der Waals surface area contributed by atoms with Crippen LogP contribution in [-0.4, -0.2) is 19.7 Å². The third-order valence-electron chi connectivity index (χ3n) is 4.05. The van der Waals surface area contributed by atoms with Gasteiger partial charge in [0.1, 0.15) is 12.1 Å². The first-order valence-corrected chi connectivity index (χ1v) is 8.28. The molecule has 124 valence electrons. The molecule has 0 aliphatic carbocycles. The molecule has 0 atom stereocenters. The van der Waals surface area contributed by atoms with Gasteiger partial charge >= 0.3 is 0 Å². The Morgan fingerprint density at radius 3 is 2.76 bits per heavy atom. The summed E-state index contributed by atoms with van der Waals surface area (Å²) in [5.41, 5.74) is 4.87. The van der Waals surface area contributed by atoms with E-state index >= 15 is 0 Å². The van der Waals surface area contributed by atoms with Gasteiger partial charge in [0.15, 0.2) is 5.65 Å². The lowest BCUT2D eigenvalue weighted by Crippen LogP contribution is -2.01. The lowest BCUT2D eigenvalue weighted by Gasteiger charge is -2.09. The number of rotatable bonds is 3. The van der Waals surface area contributed by atoms with Crippen molar-refractivity contribution in [2.45, 2.75) is 13.8 Å². The summed E-state index contributed by atoms with van der Waals surface area (Å²) in [6.45, 7) is 4.08. The highest BCUT2D eigenvalue weighted by atomic mass is 35.5. The summed E-state index contributed by atoms with van der Waals surface area (Å²) in [6.07, 6.45) is 3.31. The summed E-state index contributed by atoms with van der Waals surface area (Å²) < 4.78 is 1.79. The summed E-state index contributed by atoms with van der Waals surface area (Å²) in [4.78, 5) is 8.79. The summed E-state index contributed by atoms with van der Waals surface area (Å²) in [7, 11) is 0. The van der Waals surface area contributed by atoms with Gasteiger partial charge in [-0.25, -0.2) is 14.6 Å². The Labute approximate surface area is 150 Å². The van der Waals surface area contributed by atoms with E-state index in [1.54, 1.807) is 17.2 Å². The molecule has 2 aromatic carbocycles. The molecule has 0 unspecified atom stereocenters. The van der Waals surface area contributed by atoms with Crippen LogP contribution >= 0.6 is 11.6 Å². The highest BCUT2D eigenvalue weighted by Gasteiger charge is 2.13. The fourth-order valence-corrected chi connectivity index (χ4v) is 2.96. The van der Waals surface area contributed by atoms with Crippen molar-refractivity contribution in [3.8, 4) is 5.69 Å². The molecule has 25 heavy (non-hydrogen) atoms. The van der Waals surface area contributed by atoms with Crippen LogP contribution in [0, 0.1) is 13.8 Å². The monoisotopic (exact) mass is 349 g/mol. The van der Waals surface area contributed by atoms with Crippen LogP contribution in [0.3, 0.4) is 0 Å². The number of aromatic nitrogens is 4. The van der Waals surface area contributed by atoms with E-state index in [1.807, 2.05) is 37.3 Å². The Hall–Kier alpha value is -2.92. The quantitative estimate of drug-likeness (QED) is 0.575. The molecule has 4 aromatic rings. The Bertz CT molecular complexity index is 1070. The standard InChI is InChI=1S/C19H16ClN5/c1-12-4-3-5-15(8-12)24-18-16-10-23-25(19(16)22-11-21-18)17-9-14(20)7-6-13(17)2/h3-11H,1-2H3,(H,21,22,24). The van der Waals surface area contributed by atoms with Gasteiger partial charge < -0.3 is 5.32 Å². The van der Waals surface area contributed by atoms with Gasteiger partial charge in [0.2, 0.25) is 0 Å². The van der Waals surface area contributed by atoms with Crippen LogP contribution in [0.4, 0.5) is 11.5 Å². The van der Waals surface area contributed by atoms with E-state index in [1.165, 1.54) is 5.56 Å². The second kappa shape index (κ2) is 6.18. The SMILES string of the molecule is Cc1cccc(Nc2ncnc3c2cnn3-c2cc(Cl)ccc2C)c1. The van der Waals surface area contributed by atoms with Gasteiger partial charge in [-0.3, -0.25) is 0 Å². The second-order valence-electron chi connectivity index (χ2n) is 5.94. The van der Waals surface area contributed by atoms with Crippen molar-refractivity contribution < 1.29 is 0 Å². The molecule has 0 amide bonds. The maximum atomic E-state index is 6.15. The average molecular weight is 350 g/mol. The molecule has 0 saturated heterocycles. The lowest BCUT2D eigenvalue weighted by atomic mass is 10.2. The van der Waals surface area contributed by atoms with Crippen molar-refractivity contribution in [3.05, 3.63) is 71.1 Å². The number of fused-ring (bicyclic) bond motifs is 1. The van der Waals surface area contributed by atoms with Gasteiger partial charge in [0.05, 0.1) is 17.3 Å². The van der Waals surface area contributed by atoms with E-state index in [2.05, 4.69) is 39.4 Å². The lowest BCUT2D eigenvalue weighted by molar-refractivity contribution is 0.887. The molecule has 2 aromatic heterocycles. The van der Waals surface area contributed by atoms with E-state index in [0.717, 1.165) is 33.8 Å². The predicted octanol–water partition coefficient (Wildman–Crippen LogP) is 4.83. The zero-order chi connectivity index (χ0) is 17.4. The molecular formula is C19H16ClN5. The average Bonchev–Trinajstić information content (AvgIpc) is 3.02. The maximum absolute atomic E-state index is 6.15. The fourth-order valence-electron chi connectivity index (χ4n) is 2.79. The Morgan fingerprint density at radius 2 is 1.92 bits per heavy atom. The van der Waals surface area contributed by atoms with Crippen molar-refractivity contribution in [1.29, 1.82) is 0 Å². The van der Waals surface area contributed by atoms with Crippen LogP contribution in [0.15, 0.2) is 55.0 Å². The normalized spacial score (nSPS) is 11.0. The van der Waals surface area contributed by atoms with Gasteiger partial charge in [-0.15, -0.1) is 0 Å². The molecule has 0 radical (unpaired) electrons. The molecule has 5 nitrogen and oxygen atoms in total. The second-order valence-corrected chi connectivity index (χ2v) is 6.38. The molecule has 2 heterocycles. The van der Waals surface area contributed by atoms with Crippen molar-refractivity contribution in [1.82, 2.24) is 19.7 Å². The largest absolute Gasteiger partial charge is 0.340 e. The number of nitrogens with one attached hydrogen (secondary N) is 1. The number of benzene rings is 2. The Balaban J connectivity index is 1.82. The third kappa shape index (κ3) is 2.94. The minimum Gasteiger partial charge on any atom is -0.340 e. The molecule has 0 aliphatic rings. The number of aryl methyl sites for hydroxylation is 2. The number of anilines is 2. The summed E-state index contributed by atoms with van der Waals surface area (Å²) in [5, 5.41) is 9.36.